The molecule has 2 amide bonds. The van der Waals surface area contributed by atoms with Gasteiger partial charge in [-0.25, -0.2) is 9.18 Å². The summed E-state index contributed by atoms with van der Waals surface area (Å²) < 4.78 is 31.6. The average Bonchev–Trinajstić information content (AvgIpc) is 3.37. The number of aliphatic carboxylic acids is 2. The minimum Gasteiger partial charge on any atom is -0.493 e. The number of nitrogens with one attached hydrogen (secondary N) is 1. The Hall–Kier alpha value is -5.17. The third-order valence-corrected chi connectivity index (χ3v) is 8.62. The van der Waals surface area contributed by atoms with Gasteiger partial charge in [-0.15, -0.1) is 0 Å². The standard InChI is InChI=1S/C36H40FN3O9/c1-3-47-29-17-23(18-30(48-4-2)33(29)24-5-9-26(37)10-6-24)21-39-15-13-36(14-16-39)22-40(35(46)49-36)28-11-7-25(8-12-28)34(45)38-27(19-31(41)42)20-32(43)44/h5-12,17-18,27H,3-4,13-16,19-22H2,1-2H3,(H,38,45)(H,41,42)(H,43,44). The van der Waals surface area contributed by atoms with Crippen molar-refractivity contribution >= 4 is 29.6 Å². The van der Waals surface area contributed by atoms with Crippen LogP contribution in [0.15, 0.2) is 60.7 Å². The van der Waals surface area contributed by atoms with Crippen molar-refractivity contribution in [3.8, 4) is 22.6 Å². The highest BCUT2D eigenvalue weighted by atomic mass is 19.1. The molecule has 0 saturated carbocycles. The molecule has 2 aliphatic heterocycles. The number of hydrogen-bond acceptors (Lipinski definition) is 8. The quantitative estimate of drug-likeness (QED) is 0.204. The highest BCUT2D eigenvalue weighted by molar-refractivity contribution is 5.96. The number of rotatable bonds is 14. The molecule has 12 nitrogen and oxygen atoms in total. The van der Waals surface area contributed by atoms with Crippen LogP contribution in [0.5, 0.6) is 11.5 Å². The molecule has 0 unspecified atom stereocenters. The Morgan fingerprint density at radius 3 is 2.02 bits per heavy atom. The third kappa shape index (κ3) is 8.65. The number of carbonyl (C=O) groups is 4. The van der Waals surface area contributed by atoms with E-state index in [0.29, 0.717) is 69.4 Å². The maximum absolute atomic E-state index is 13.7. The molecule has 0 radical (unpaired) electrons. The molecule has 3 aromatic carbocycles. The van der Waals surface area contributed by atoms with E-state index in [9.17, 15) is 23.6 Å². The lowest BCUT2D eigenvalue weighted by molar-refractivity contribution is -0.139. The van der Waals surface area contributed by atoms with E-state index in [-0.39, 0.29) is 11.4 Å². The zero-order valence-electron chi connectivity index (χ0n) is 27.4. The monoisotopic (exact) mass is 677 g/mol. The van der Waals surface area contributed by atoms with Crippen LogP contribution in [0.25, 0.3) is 11.1 Å². The molecule has 49 heavy (non-hydrogen) atoms. The molecule has 3 aromatic rings. The number of amides is 2. The molecule has 0 aliphatic carbocycles. The Morgan fingerprint density at radius 2 is 1.49 bits per heavy atom. The summed E-state index contributed by atoms with van der Waals surface area (Å²) in [4.78, 5) is 51.7. The molecule has 2 aliphatic rings. The number of nitrogens with zero attached hydrogens (tertiary/aromatic N) is 2. The Kier molecular flexibility index (Phi) is 11.0. The number of ether oxygens (including phenoxy) is 3. The molecule has 1 spiro atoms. The first-order chi connectivity index (χ1) is 23.5. The Labute approximate surface area is 283 Å². The van der Waals surface area contributed by atoms with Crippen LogP contribution < -0.4 is 19.7 Å². The lowest BCUT2D eigenvalue weighted by Gasteiger charge is -2.37. The van der Waals surface area contributed by atoms with E-state index in [1.54, 1.807) is 24.3 Å². The molecule has 5 rings (SSSR count). The SMILES string of the molecule is CCOc1cc(CN2CCC3(CC2)CN(c2ccc(C(=O)NC(CC(=O)O)CC(=O)O)cc2)C(=O)O3)cc(OCC)c1-c1ccc(F)cc1. The lowest BCUT2D eigenvalue weighted by Crippen LogP contribution is -2.46. The van der Waals surface area contributed by atoms with Gasteiger partial charge in [-0.3, -0.25) is 24.2 Å². The molecule has 0 aromatic heterocycles. The summed E-state index contributed by atoms with van der Waals surface area (Å²) >= 11 is 0. The fourth-order valence-corrected chi connectivity index (χ4v) is 6.29. The number of benzene rings is 3. The summed E-state index contributed by atoms with van der Waals surface area (Å²) in [7, 11) is 0. The van der Waals surface area contributed by atoms with Crippen LogP contribution in [0.1, 0.15) is 55.5 Å². The normalized spacial score (nSPS) is 15.7. The molecule has 2 saturated heterocycles. The lowest BCUT2D eigenvalue weighted by atomic mass is 9.91. The molecule has 2 heterocycles. The largest absolute Gasteiger partial charge is 0.493 e. The van der Waals surface area contributed by atoms with Gasteiger partial charge in [0.05, 0.1) is 44.2 Å². The zero-order chi connectivity index (χ0) is 35.1. The van der Waals surface area contributed by atoms with E-state index in [1.165, 1.54) is 29.2 Å². The van der Waals surface area contributed by atoms with Crippen LogP contribution in [-0.2, 0) is 20.9 Å². The molecule has 0 atom stereocenters. The van der Waals surface area contributed by atoms with Crippen LogP contribution in [0.3, 0.4) is 0 Å². The smallest absolute Gasteiger partial charge is 0.415 e. The number of likely N-dealkylation sites (tertiary alicyclic amines) is 1. The van der Waals surface area contributed by atoms with E-state index in [0.717, 1.165) is 16.7 Å². The summed E-state index contributed by atoms with van der Waals surface area (Å²) in [5.41, 5.74) is 2.65. The van der Waals surface area contributed by atoms with Gasteiger partial charge in [0.2, 0.25) is 0 Å². The van der Waals surface area contributed by atoms with Gasteiger partial charge in [0.25, 0.3) is 5.91 Å². The first-order valence-corrected chi connectivity index (χ1v) is 16.2. The average molecular weight is 678 g/mol. The maximum atomic E-state index is 13.7. The Balaban J connectivity index is 1.22. The second-order valence-corrected chi connectivity index (χ2v) is 12.2. The van der Waals surface area contributed by atoms with Crippen LogP contribution in [0.2, 0.25) is 0 Å². The van der Waals surface area contributed by atoms with Crippen molar-refractivity contribution in [1.82, 2.24) is 10.2 Å². The van der Waals surface area contributed by atoms with Gasteiger partial charge in [-0.2, -0.15) is 0 Å². The van der Waals surface area contributed by atoms with Crippen molar-refractivity contribution in [3.05, 3.63) is 77.6 Å². The summed E-state index contributed by atoms with van der Waals surface area (Å²) in [6.45, 7) is 7.06. The van der Waals surface area contributed by atoms with E-state index in [1.807, 2.05) is 26.0 Å². The number of carbonyl (C=O) groups excluding carboxylic acids is 2. The van der Waals surface area contributed by atoms with Gasteiger partial charge in [-0.1, -0.05) is 12.1 Å². The molecular weight excluding hydrogens is 637 g/mol. The van der Waals surface area contributed by atoms with E-state index in [2.05, 4.69) is 10.2 Å². The fraction of sp³-hybridized carbons (Fsp3) is 0.389. The highest BCUT2D eigenvalue weighted by Crippen LogP contribution is 2.41. The minimum atomic E-state index is -1.22. The molecule has 3 N–H and O–H groups in total. The van der Waals surface area contributed by atoms with Crippen molar-refractivity contribution in [2.75, 3.05) is 37.7 Å². The molecule has 2 fully saturated rings. The number of carboxylic acids is 2. The summed E-state index contributed by atoms with van der Waals surface area (Å²) in [5.74, 6) is -2.06. The third-order valence-electron chi connectivity index (χ3n) is 8.62. The van der Waals surface area contributed by atoms with E-state index in [4.69, 9.17) is 24.4 Å². The van der Waals surface area contributed by atoms with Crippen molar-refractivity contribution in [2.24, 2.45) is 0 Å². The van der Waals surface area contributed by atoms with Gasteiger partial charge >= 0.3 is 18.0 Å². The molecular formula is C36H40FN3O9. The molecule has 13 heteroatoms. The Bertz CT molecular complexity index is 1630. The predicted molar refractivity (Wildman–Crippen MR) is 177 cm³/mol. The second kappa shape index (κ2) is 15.4. The van der Waals surface area contributed by atoms with Crippen molar-refractivity contribution in [1.29, 1.82) is 0 Å². The Morgan fingerprint density at radius 1 is 0.918 bits per heavy atom. The number of halogens is 1. The van der Waals surface area contributed by atoms with Gasteiger partial charge in [0, 0.05) is 43.7 Å². The number of hydrogen-bond donors (Lipinski definition) is 3. The van der Waals surface area contributed by atoms with Crippen LogP contribution >= 0.6 is 0 Å². The fourth-order valence-electron chi connectivity index (χ4n) is 6.29. The zero-order valence-corrected chi connectivity index (χ0v) is 27.4. The first kappa shape index (κ1) is 35.1. The predicted octanol–water partition coefficient (Wildman–Crippen LogP) is 5.33. The van der Waals surface area contributed by atoms with Gasteiger partial charge < -0.3 is 29.7 Å². The summed E-state index contributed by atoms with van der Waals surface area (Å²) in [5, 5.41) is 20.5. The highest BCUT2D eigenvalue weighted by Gasteiger charge is 2.47. The maximum Gasteiger partial charge on any atom is 0.415 e. The summed E-state index contributed by atoms with van der Waals surface area (Å²) in [6, 6.07) is 15.4. The minimum absolute atomic E-state index is 0.200. The van der Waals surface area contributed by atoms with Gasteiger partial charge in [0.1, 0.15) is 22.9 Å². The number of piperidine rings is 1. The van der Waals surface area contributed by atoms with E-state index < -0.39 is 48.4 Å². The van der Waals surface area contributed by atoms with E-state index >= 15 is 0 Å². The molecule has 260 valence electrons. The molecule has 0 bridgehead atoms. The topological polar surface area (TPSA) is 155 Å². The van der Waals surface area contributed by atoms with Crippen molar-refractivity contribution in [3.63, 3.8) is 0 Å². The summed E-state index contributed by atoms with van der Waals surface area (Å²) in [6.07, 6.45) is -0.292. The van der Waals surface area contributed by atoms with Crippen LogP contribution in [-0.4, -0.2) is 83.5 Å². The number of anilines is 1. The van der Waals surface area contributed by atoms with Crippen molar-refractivity contribution in [2.45, 2.75) is 57.7 Å². The van der Waals surface area contributed by atoms with Crippen LogP contribution in [0.4, 0.5) is 14.9 Å². The first-order valence-electron chi connectivity index (χ1n) is 16.2. The van der Waals surface area contributed by atoms with Crippen LogP contribution in [0, 0.1) is 5.82 Å². The number of carboxylic acid groups (broad SMARTS) is 2. The van der Waals surface area contributed by atoms with Gasteiger partial charge in [-0.05, 0) is 73.5 Å². The van der Waals surface area contributed by atoms with Crippen molar-refractivity contribution < 1.29 is 48.0 Å². The van der Waals surface area contributed by atoms with Gasteiger partial charge in [0.15, 0.2) is 0 Å². The second-order valence-electron chi connectivity index (χ2n) is 12.2.